The highest BCUT2D eigenvalue weighted by Gasteiger charge is 2.06. The lowest BCUT2D eigenvalue weighted by Crippen LogP contribution is -1.88. The van der Waals surface area contributed by atoms with Crippen LogP contribution in [0, 0.1) is 32.8 Å². The van der Waals surface area contributed by atoms with Gasteiger partial charge in [-0.2, -0.15) is 10.5 Å². The average molecular weight is 275 g/mol. The molecule has 0 heterocycles. The molecule has 0 unspecified atom stereocenters. The third-order valence-electron chi connectivity index (χ3n) is 2.84. The van der Waals surface area contributed by atoms with E-state index in [-0.39, 0.29) is 5.69 Å². The number of benzene rings is 2. The monoisotopic (exact) mass is 275 g/mol. The minimum Gasteiger partial charge on any atom is -0.258 e. The summed E-state index contributed by atoms with van der Waals surface area (Å²) in [6, 6.07) is 16.7. The van der Waals surface area contributed by atoms with Crippen LogP contribution in [0.2, 0.25) is 0 Å². The molecule has 0 N–H and O–H groups in total. The number of nitriles is 2. The van der Waals surface area contributed by atoms with Crippen molar-refractivity contribution >= 4 is 17.3 Å². The Bertz CT molecular complexity index is 794. The van der Waals surface area contributed by atoms with Crippen LogP contribution in [0.4, 0.5) is 5.69 Å². The van der Waals surface area contributed by atoms with Crippen molar-refractivity contribution in [3.63, 3.8) is 0 Å². The standard InChI is InChI=1S/C16H9N3O2/c17-10-12-4-6-14(7-5-12)15(11-18)8-13-2-1-3-16(9-13)19(20)21/h1-9H/b15-8-. The van der Waals surface area contributed by atoms with Gasteiger partial charge in [0.05, 0.1) is 28.2 Å². The van der Waals surface area contributed by atoms with E-state index >= 15 is 0 Å². The fraction of sp³-hybridized carbons (Fsp3) is 0. The van der Waals surface area contributed by atoms with Crippen molar-refractivity contribution in [1.29, 1.82) is 10.5 Å². The first-order valence-corrected chi connectivity index (χ1v) is 6.01. The molecule has 0 aliphatic heterocycles. The highest BCUT2D eigenvalue weighted by Crippen LogP contribution is 2.20. The molecule has 5 heteroatoms. The number of hydrogen-bond acceptors (Lipinski definition) is 4. The fourth-order valence-electron chi connectivity index (χ4n) is 1.80. The van der Waals surface area contributed by atoms with Crippen LogP contribution in [0.15, 0.2) is 48.5 Å². The van der Waals surface area contributed by atoms with E-state index in [1.54, 1.807) is 42.5 Å². The summed E-state index contributed by atoms with van der Waals surface area (Å²) in [5, 5.41) is 28.7. The SMILES string of the molecule is N#C/C(=C/c1cccc([N+](=O)[O-])c1)c1ccc(C#N)cc1. The summed E-state index contributed by atoms with van der Waals surface area (Å²) < 4.78 is 0. The summed E-state index contributed by atoms with van der Waals surface area (Å²) in [4.78, 5) is 10.3. The van der Waals surface area contributed by atoms with Gasteiger partial charge >= 0.3 is 0 Å². The van der Waals surface area contributed by atoms with Crippen LogP contribution in [-0.4, -0.2) is 4.92 Å². The van der Waals surface area contributed by atoms with E-state index in [4.69, 9.17) is 5.26 Å². The Morgan fingerprint density at radius 1 is 1.14 bits per heavy atom. The van der Waals surface area contributed by atoms with Gasteiger partial charge in [0.1, 0.15) is 0 Å². The lowest BCUT2D eigenvalue weighted by Gasteiger charge is -2.00. The van der Waals surface area contributed by atoms with Gasteiger partial charge in [0, 0.05) is 12.1 Å². The molecule has 0 aromatic heterocycles. The maximum absolute atomic E-state index is 10.7. The van der Waals surface area contributed by atoms with Crippen LogP contribution in [0.3, 0.4) is 0 Å². The first-order valence-electron chi connectivity index (χ1n) is 6.01. The van der Waals surface area contributed by atoms with Crippen LogP contribution in [0.1, 0.15) is 16.7 Å². The number of hydrogen-bond donors (Lipinski definition) is 0. The zero-order valence-corrected chi connectivity index (χ0v) is 10.9. The largest absolute Gasteiger partial charge is 0.270 e. The van der Waals surface area contributed by atoms with Crippen LogP contribution in [-0.2, 0) is 0 Å². The van der Waals surface area contributed by atoms with Crippen LogP contribution < -0.4 is 0 Å². The molecule has 21 heavy (non-hydrogen) atoms. The van der Waals surface area contributed by atoms with Gasteiger partial charge in [0.25, 0.3) is 5.69 Å². The smallest absolute Gasteiger partial charge is 0.258 e. The first-order chi connectivity index (χ1) is 10.1. The summed E-state index contributed by atoms with van der Waals surface area (Å²) in [6.45, 7) is 0. The van der Waals surface area contributed by atoms with E-state index < -0.39 is 4.92 Å². The number of non-ortho nitro benzene ring substituents is 1. The third-order valence-corrected chi connectivity index (χ3v) is 2.84. The molecule has 0 aliphatic carbocycles. The maximum atomic E-state index is 10.7. The van der Waals surface area contributed by atoms with E-state index in [1.165, 1.54) is 12.1 Å². The predicted octanol–water partition coefficient (Wildman–Crippen LogP) is 3.53. The molecule has 0 saturated carbocycles. The molecule has 2 aromatic carbocycles. The fourth-order valence-corrected chi connectivity index (χ4v) is 1.80. The average Bonchev–Trinajstić information content (AvgIpc) is 2.53. The molecular formula is C16H9N3O2. The van der Waals surface area contributed by atoms with Crippen molar-refractivity contribution < 1.29 is 4.92 Å². The molecule has 0 saturated heterocycles. The summed E-state index contributed by atoms with van der Waals surface area (Å²) >= 11 is 0. The summed E-state index contributed by atoms with van der Waals surface area (Å²) in [7, 11) is 0. The zero-order chi connectivity index (χ0) is 15.2. The van der Waals surface area contributed by atoms with Gasteiger partial charge in [-0.15, -0.1) is 0 Å². The molecule has 0 aliphatic rings. The van der Waals surface area contributed by atoms with Gasteiger partial charge < -0.3 is 0 Å². The van der Waals surface area contributed by atoms with Crippen LogP contribution in [0.25, 0.3) is 11.6 Å². The number of allylic oxidation sites excluding steroid dienone is 1. The van der Waals surface area contributed by atoms with Gasteiger partial charge in [0.15, 0.2) is 0 Å². The zero-order valence-electron chi connectivity index (χ0n) is 10.9. The quantitative estimate of drug-likeness (QED) is 0.371. The summed E-state index contributed by atoms with van der Waals surface area (Å²) in [5.74, 6) is 0. The first kappa shape index (κ1) is 14.0. The molecule has 5 nitrogen and oxygen atoms in total. The minimum absolute atomic E-state index is 0.0270. The van der Waals surface area contributed by atoms with Crippen LogP contribution in [0.5, 0.6) is 0 Å². The third kappa shape index (κ3) is 3.31. The summed E-state index contributed by atoms with van der Waals surface area (Å²) in [5.41, 5.74) is 2.08. The van der Waals surface area contributed by atoms with E-state index in [0.29, 0.717) is 22.3 Å². The van der Waals surface area contributed by atoms with Gasteiger partial charge in [0.2, 0.25) is 0 Å². The predicted molar refractivity (Wildman–Crippen MR) is 77.7 cm³/mol. The Morgan fingerprint density at radius 2 is 1.86 bits per heavy atom. The van der Waals surface area contributed by atoms with Crippen molar-refractivity contribution in [3.05, 3.63) is 75.3 Å². The van der Waals surface area contributed by atoms with Crippen molar-refractivity contribution in [2.24, 2.45) is 0 Å². The molecular weight excluding hydrogens is 266 g/mol. The number of rotatable bonds is 3. The Hall–Kier alpha value is -3.44. The molecule has 0 fully saturated rings. The van der Waals surface area contributed by atoms with Gasteiger partial charge in [-0.05, 0) is 29.3 Å². The Morgan fingerprint density at radius 3 is 2.43 bits per heavy atom. The Balaban J connectivity index is 2.41. The van der Waals surface area contributed by atoms with Gasteiger partial charge in [-0.3, -0.25) is 10.1 Å². The minimum atomic E-state index is -0.481. The van der Waals surface area contributed by atoms with Crippen molar-refractivity contribution in [3.8, 4) is 12.1 Å². The Kier molecular flexibility index (Phi) is 4.09. The Labute approximate surface area is 121 Å². The second-order valence-electron chi connectivity index (χ2n) is 4.21. The van der Waals surface area contributed by atoms with E-state index in [9.17, 15) is 15.4 Å². The lowest BCUT2D eigenvalue weighted by atomic mass is 10.0. The molecule has 2 aromatic rings. The maximum Gasteiger partial charge on any atom is 0.270 e. The highest BCUT2D eigenvalue weighted by atomic mass is 16.6. The van der Waals surface area contributed by atoms with E-state index in [2.05, 4.69) is 6.07 Å². The normalized spacial score (nSPS) is 10.5. The lowest BCUT2D eigenvalue weighted by molar-refractivity contribution is -0.384. The number of nitro groups is 1. The molecule has 0 atom stereocenters. The summed E-state index contributed by atoms with van der Waals surface area (Å²) in [6.07, 6.45) is 1.58. The molecule has 0 amide bonds. The van der Waals surface area contributed by atoms with Gasteiger partial charge in [-0.1, -0.05) is 24.3 Å². The van der Waals surface area contributed by atoms with Crippen LogP contribution >= 0.6 is 0 Å². The molecule has 0 spiro atoms. The second-order valence-corrected chi connectivity index (χ2v) is 4.21. The number of nitrogens with zero attached hydrogens (tertiary/aromatic N) is 3. The highest BCUT2D eigenvalue weighted by molar-refractivity contribution is 5.89. The van der Waals surface area contributed by atoms with E-state index in [0.717, 1.165) is 0 Å². The molecule has 0 radical (unpaired) electrons. The van der Waals surface area contributed by atoms with Crippen molar-refractivity contribution in [2.45, 2.75) is 0 Å². The van der Waals surface area contributed by atoms with Gasteiger partial charge in [-0.25, -0.2) is 0 Å². The molecule has 2 rings (SSSR count). The van der Waals surface area contributed by atoms with E-state index in [1.807, 2.05) is 6.07 Å². The number of nitro benzene ring substituents is 1. The van der Waals surface area contributed by atoms with Crippen molar-refractivity contribution in [1.82, 2.24) is 0 Å². The van der Waals surface area contributed by atoms with Crippen molar-refractivity contribution in [2.75, 3.05) is 0 Å². The second kappa shape index (κ2) is 6.14. The molecule has 0 bridgehead atoms. The topological polar surface area (TPSA) is 90.7 Å². The molecule has 100 valence electrons.